The number of hydrogen-bond donors (Lipinski definition) is 2. The van der Waals surface area contributed by atoms with Crippen LogP contribution in [-0.2, 0) is 0 Å². The van der Waals surface area contributed by atoms with E-state index >= 15 is 0 Å². The van der Waals surface area contributed by atoms with Crippen LogP contribution in [0.25, 0.3) is 10.9 Å². The van der Waals surface area contributed by atoms with Gasteiger partial charge in [-0.3, -0.25) is 4.79 Å². The molecule has 100 valence electrons. The number of fused-ring (bicyclic) bond motifs is 1. The van der Waals surface area contributed by atoms with E-state index in [1.54, 1.807) is 42.6 Å². The normalized spacial score (nSPS) is 10.7. The Hall–Kier alpha value is -1.97. The van der Waals surface area contributed by atoms with Crippen molar-refractivity contribution >= 4 is 45.7 Å². The van der Waals surface area contributed by atoms with Crippen LogP contribution in [0.15, 0.2) is 48.7 Å². The van der Waals surface area contributed by atoms with E-state index in [1.165, 1.54) is 0 Å². The molecule has 0 spiro atoms. The number of anilines is 1. The summed E-state index contributed by atoms with van der Waals surface area (Å²) in [5, 5.41) is 4.92. The van der Waals surface area contributed by atoms with E-state index < -0.39 is 0 Å². The Balaban J connectivity index is 1.91. The second kappa shape index (κ2) is 5.19. The molecule has 0 saturated carbocycles. The van der Waals surface area contributed by atoms with Crippen LogP contribution in [0.3, 0.4) is 0 Å². The molecule has 1 amide bonds. The zero-order valence-electron chi connectivity index (χ0n) is 10.3. The van der Waals surface area contributed by atoms with E-state index in [1.807, 2.05) is 6.07 Å². The maximum atomic E-state index is 12.3. The van der Waals surface area contributed by atoms with Gasteiger partial charge in [0.25, 0.3) is 5.91 Å². The van der Waals surface area contributed by atoms with Crippen LogP contribution in [0.4, 0.5) is 5.69 Å². The van der Waals surface area contributed by atoms with Gasteiger partial charge in [-0.15, -0.1) is 0 Å². The molecule has 3 nitrogen and oxygen atoms in total. The highest BCUT2D eigenvalue weighted by atomic mass is 35.5. The van der Waals surface area contributed by atoms with Crippen molar-refractivity contribution in [3.8, 4) is 0 Å². The van der Waals surface area contributed by atoms with Gasteiger partial charge in [0.15, 0.2) is 0 Å². The van der Waals surface area contributed by atoms with E-state index in [4.69, 9.17) is 23.2 Å². The molecule has 2 aromatic carbocycles. The van der Waals surface area contributed by atoms with Crippen molar-refractivity contribution in [3.05, 3.63) is 64.3 Å². The van der Waals surface area contributed by atoms with Crippen LogP contribution in [0.5, 0.6) is 0 Å². The fraction of sp³-hybridized carbons (Fsp3) is 0. The molecule has 0 radical (unpaired) electrons. The summed E-state index contributed by atoms with van der Waals surface area (Å²) in [6.07, 6.45) is 1.67. The largest absolute Gasteiger partial charge is 0.360 e. The second-order valence-electron chi connectivity index (χ2n) is 4.35. The quantitative estimate of drug-likeness (QED) is 0.706. The van der Waals surface area contributed by atoms with E-state index in [0.717, 1.165) is 10.9 Å². The Morgan fingerprint density at radius 3 is 2.45 bits per heavy atom. The summed E-state index contributed by atoms with van der Waals surface area (Å²) in [6, 6.07) is 12.3. The molecule has 0 fully saturated rings. The van der Waals surface area contributed by atoms with Crippen LogP contribution in [0.2, 0.25) is 10.0 Å². The molecule has 1 aromatic heterocycles. The SMILES string of the molecule is O=C(Nc1ccc(Cl)cc1)c1c[nH]c2cc(Cl)ccc12. The summed E-state index contributed by atoms with van der Waals surface area (Å²) in [6.45, 7) is 0. The smallest absolute Gasteiger partial charge is 0.257 e. The van der Waals surface area contributed by atoms with Crippen molar-refractivity contribution in [1.29, 1.82) is 0 Å². The van der Waals surface area contributed by atoms with Crippen LogP contribution in [0, 0.1) is 0 Å². The minimum atomic E-state index is -0.180. The molecular weight excluding hydrogens is 295 g/mol. The number of hydrogen-bond acceptors (Lipinski definition) is 1. The fourth-order valence-corrected chi connectivity index (χ4v) is 2.32. The standard InChI is InChI=1S/C15H10Cl2N2O/c16-9-1-4-11(5-2-9)19-15(20)13-8-18-14-7-10(17)3-6-12(13)14/h1-8,18H,(H,19,20). The topological polar surface area (TPSA) is 44.9 Å². The van der Waals surface area contributed by atoms with Gasteiger partial charge in [-0.05, 0) is 36.4 Å². The lowest BCUT2D eigenvalue weighted by atomic mass is 10.1. The lowest BCUT2D eigenvalue weighted by molar-refractivity contribution is 0.102. The molecule has 3 rings (SSSR count). The van der Waals surface area contributed by atoms with E-state index in [9.17, 15) is 4.79 Å². The number of nitrogens with one attached hydrogen (secondary N) is 2. The van der Waals surface area contributed by atoms with Crippen molar-refractivity contribution in [2.24, 2.45) is 0 Å². The van der Waals surface area contributed by atoms with Gasteiger partial charge in [0.05, 0.1) is 5.56 Å². The number of benzene rings is 2. The molecule has 5 heteroatoms. The average Bonchev–Trinajstić information content (AvgIpc) is 2.84. The first kappa shape index (κ1) is 13.0. The summed E-state index contributed by atoms with van der Waals surface area (Å²) < 4.78 is 0. The summed E-state index contributed by atoms with van der Waals surface area (Å²) >= 11 is 11.7. The Labute approximate surface area is 125 Å². The first-order valence-corrected chi connectivity index (χ1v) is 6.72. The molecule has 3 aromatic rings. The van der Waals surface area contributed by atoms with Gasteiger partial charge >= 0.3 is 0 Å². The third-order valence-corrected chi connectivity index (χ3v) is 3.48. The molecule has 0 atom stereocenters. The molecule has 1 heterocycles. The molecule has 0 aliphatic carbocycles. The first-order chi connectivity index (χ1) is 9.63. The zero-order valence-corrected chi connectivity index (χ0v) is 11.8. The highest BCUT2D eigenvalue weighted by Crippen LogP contribution is 2.23. The third-order valence-electron chi connectivity index (χ3n) is 2.99. The highest BCUT2D eigenvalue weighted by molar-refractivity contribution is 6.31. The number of H-pyrrole nitrogens is 1. The molecule has 0 unspecified atom stereocenters. The number of amides is 1. The van der Waals surface area contributed by atoms with Crippen LogP contribution in [0.1, 0.15) is 10.4 Å². The van der Waals surface area contributed by atoms with Gasteiger partial charge in [0.1, 0.15) is 0 Å². The van der Waals surface area contributed by atoms with Crippen molar-refractivity contribution in [2.45, 2.75) is 0 Å². The van der Waals surface area contributed by atoms with E-state index in [2.05, 4.69) is 10.3 Å². The first-order valence-electron chi connectivity index (χ1n) is 5.97. The Morgan fingerprint density at radius 2 is 1.70 bits per heavy atom. The van der Waals surface area contributed by atoms with Gasteiger partial charge < -0.3 is 10.3 Å². The lowest BCUT2D eigenvalue weighted by Gasteiger charge is -2.04. The van der Waals surface area contributed by atoms with Gasteiger partial charge in [-0.25, -0.2) is 0 Å². The molecule has 0 bridgehead atoms. The van der Waals surface area contributed by atoms with E-state index in [-0.39, 0.29) is 5.91 Å². The minimum Gasteiger partial charge on any atom is -0.360 e. The molecule has 0 aliphatic rings. The van der Waals surface area contributed by atoms with Crippen molar-refractivity contribution in [2.75, 3.05) is 5.32 Å². The summed E-state index contributed by atoms with van der Waals surface area (Å²) in [5.41, 5.74) is 2.10. The van der Waals surface area contributed by atoms with E-state index in [0.29, 0.717) is 21.3 Å². The number of aromatic nitrogens is 1. The Bertz CT molecular complexity index is 778. The van der Waals surface area contributed by atoms with Gasteiger partial charge in [-0.2, -0.15) is 0 Å². The highest BCUT2D eigenvalue weighted by Gasteiger charge is 2.12. The number of rotatable bonds is 2. The lowest BCUT2D eigenvalue weighted by Crippen LogP contribution is -2.11. The fourth-order valence-electron chi connectivity index (χ4n) is 2.02. The van der Waals surface area contributed by atoms with Gasteiger partial charge in [0.2, 0.25) is 0 Å². The van der Waals surface area contributed by atoms with Crippen LogP contribution in [-0.4, -0.2) is 10.9 Å². The predicted octanol–water partition coefficient (Wildman–Crippen LogP) is 4.73. The molecule has 0 aliphatic heterocycles. The van der Waals surface area contributed by atoms with Crippen molar-refractivity contribution < 1.29 is 4.79 Å². The number of aromatic amines is 1. The van der Waals surface area contributed by atoms with Crippen molar-refractivity contribution in [1.82, 2.24) is 4.98 Å². The van der Waals surface area contributed by atoms with Gasteiger partial charge in [-0.1, -0.05) is 29.3 Å². The Morgan fingerprint density at radius 1 is 1.00 bits per heavy atom. The minimum absolute atomic E-state index is 0.180. The number of halogens is 2. The summed E-state index contributed by atoms with van der Waals surface area (Å²) in [4.78, 5) is 15.3. The Kier molecular flexibility index (Phi) is 3.38. The van der Waals surface area contributed by atoms with Crippen LogP contribution < -0.4 is 5.32 Å². The molecule has 2 N–H and O–H groups in total. The number of carbonyl (C=O) groups excluding carboxylic acids is 1. The summed E-state index contributed by atoms with van der Waals surface area (Å²) in [5.74, 6) is -0.180. The monoisotopic (exact) mass is 304 g/mol. The maximum Gasteiger partial charge on any atom is 0.257 e. The van der Waals surface area contributed by atoms with Crippen LogP contribution >= 0.6 is 23.2 Å². The third kappa shape index (κ3) is 2.50. The average molecular weight is 305 g/mol. The zero-order chi connectivity index (χ0) is 14.1. The maximum absolute atomic E-state index is 12.3. The second-order valence-corrected chi connectivity index (χ2v) is 5.23. The predicted molar refractivity (Wildman–Crippen MR) is 82.7 cm³/mol. The van der Waals surface area contributed by atoms with Gasteiger partial charge in [0, 0.05) is 32.8 Å². The molecule has 20 heavy (non-hydrogen) atoms. The number of carbonyl (C=O) groups is 1. The summed E-state index contributed by atoms with van der Waals surface area (Å²) in [7, 11) is 0. The molecule has 0 saturated heterocycles. The van der Waals surface area contributed by atoms with Crippen molar-refractivity contribution in [3.63, 3.8) is 0 Å². The molecular formula is C15H10Cl2N2O.